The van der Waals surface area contributed by atoms with E-state index in [1.165, 1.54) is 6.26 Å². The molecule has 0 fully saturated rings. The van der Waals surface area contributed by atoms with Crippen molar-refractivity contribution in [1.82, 2.24) is 10.3 Å². The SMILES string of the molecule is COc1ccc(OCc2nc(C(=O)N[C@H](C)c3ccc(Cl)cc3)co2)cc1. The summed E-state index contributed by atoms with van der Waals surface area (Å²) in [6.45, 7) is 2.00. The Morgan fingerprint density at radius 1 is 1.15 bits per heavy atom. The van der Waals surface area contributed by atoms with Gasteiger partial charge in [0.15, 0.2) is 12.3 Å². The average molecular weight is 387 g/mol. The predicted octanol–water partition coefficient (Wildman–Crippen LogP) is 4.41. The van der Waals surface area contributed by atoms with Crippen LogP contribution in [0.25, 0.3) is 0 Å². The molecule has 0 aliphatic rings. The van der Waals surface area contributed by atoms with Crippen LogP contribution in [-0.2, 0) is 6.61 Å². The monoisotopic (exact) mass is 386 g/mol. The Bertz CT molecular complexity index is 891. The molecule has 140 valence electrons. The van der Waals surface area contributed by atoms with Crippen molar-refractivity contribution in [2.24, 2.45) is 0 Å². The van der Waals surface area contributed by atoms with Gasteiger partial charge >= 0.3 is 0 Å². The average Bonchev–Trinajstić information content (AvgIpc) is 3.16. The highest BCUT2D eigenvalue weighted by molar-refractivity contribution is 6.30. The second-order valence-electron chi connectivity index (χ2n) is 5.84. The molecule has 1 amide bonds. The Kier molecular flexibility index (Phi) is 5.98. The second-order valence-corrected chi connectivity index (χ2v) is 6.27. The van der Waals surface area contributed by atoms with Gasteiger partial charge in [0, 0.05) is 5.02 Å². The van der Waals surface area contributed by atoms with E-state index in [1.807, 2.05) is 19.1 Å². The van der Waals surface area contributed by atoms with Gasteiger partial charge in [-0.25, -0.2) is 4.98 Å². The van der Waals surface area contributed by atoms with Crippen molar-refractivity contribution in [2.45, 2.75) is 19.6 Å². The number of nitrogens with one attached hydrogen (secondary N) is 1. The minimum absolute atomic E-state index is 0.117. The fraction of sp³-hybridized carbons (Fsp3) is 0.200. The number of rotatable bonds is 7. The minimum Gasteiger partial charge on any atom is -0.497 e. The molecule has 0 spiro atoms. The normalized spacial score (nSPS) is 11.7. The van der Waals surface area contributed by atoms with E-state index < -0.39 is 0 Å². The van der Waals surface area contributed by atoms with Crippen LogP contribution in [0.4, 0.5) is 0 Å². The van der Waals surface area contributed by atoms with E-state index in [4.69, 9.17) is 25.5 Å². The molecule has 0 bridgehead atoms. The minimum atomic E-state index is -0.322. The Morgan fingerprint density at radius 3 is 2.48 bits per heavy atom. The number of hydrogen-bond donors (Lipinski definition) is 1. The van der Waals surface area contributed by atoms with Gasteiger partial charge in [-0.3, -0.25) is 4.79 Å². The third-order valence-corrected chi connectivity index (χ3v) is 4.18. The largest absolute Gasteiger partial charge is 0.497 e. The molecule has 27 heavy (non-hydrogen) atoms. The number of carbonyl (C=O) groups excluding carboxylic acids is 1. The fourth-order valence-corrected chi connectivity index (χ4v) is 2.53. The van der Waals surface area contributed by atoms with E-state index in [0.29, 0.717) is 16.7 Å². The van der Waals surface area contributed by atoms with E-state index in [1.54, 1.807) is 43.5 Å². The first kappa shape index (κ1) is 18.8. The number of oxazole rings is 1. The lowest BCUT2D eigenvalue weighted by Gasteiger charge is -2.13. The standard InChI is InChI=1S/C20H19ClN2O4/c1-13(14-3-5-15(21)6-4-14)22-20(24)18-11-27-19(23-18)12-26-17-9-7-16(25-2)8-10-17/h3-11,13H,12H2,1-2H3,(H,22,24)/t13-/m1/s1. The maximum atomic E-state index is 12.3. The molecule has 0 radical (unpaired) electrons. The number of carbonyl (C=O) groups is 1. The van der Waals surface area contributed by atoms with Gasteiger partial charge in [-0.1, -0.05) is 23.7 Å². The van der Waals surface area contributed by atoms with Crippen molar-refractivity contribution in [1.29, 1.82) is 0 Å². The van der Waals surface area contributed by atoms with E-state index in [-0.39, 0.29) is 24.2 Å². The first-order chi connectivity index (χ1) is 13.0. The van der Waals surface area contributed by atoms with Crippen molar-refractivity contribution in [3.8, 4) is 11.5 Å². The van der Waals surface area contributed by atoms with Crippen molar-refractivity contribution in [3.63, 3.8) is 0 Å². The number of ether oxygens (including phenoxy) is 2. The molecule has 1 N–H and O–H groups in total. The number of methoxy groups -OCH3 is 1. The van der Waals surface area contributed by atoms with E-state index in [9.17, 15) is 4.79 Å². The Hall–Kier alpha value is -2.99. The highest BCUT2D eigenvalue weighted by atomic mass is 35.5. The molecule has 3 aromatic rings. The van der Waals surface area contributed by atoms with Gasteiger partial charge in [-0.2, -0.15) is 0 Å². The lowest BCUT2D eigenvalue weighted by atomic mass is 10.1. The van der Waals surface area contributed by atoms with Crippen LogP contribution in [0.3, 0.4) is 0 Å². The quantitative estimate of drug-likeness (QED) is 0.651. The molecule has 7 heteroatoms. The molecular weight excluding hydrogens is 368 g/mol. The third kappa shape index (κ3) is 5.01. The number of nitrogens with zero attached hydrogens (tertiary/aromatic N) is 1. The van der Waals surface area contributed by atoms with Crippen LogP contribution in [0.2, 0.25) is 5.02 Å². The van der Waals surface area contributed by atoms with Crippen LogP contribution >= 0.6 is 11.6 Å². The van der Waals surface area contributed by atoms with Gasteiger partial charge in [0.2, 0.25) is 5.89 Å². The van der Waals surface area contributed by atoms with Crippen LogP contribution in [0.1, 0.15) is 34.9 Å². The van der Waals surface area contributed by atoms with Crippen molar-refractivity contribution < 1.29 is 18.7 Å². The zero-order valence-electron chi connectivity index (χ0n) is 14.9. The van der Waals surface area contributed by atoms with Crippen molar-refractivity contribution in [2.75, 3.05) is 7.11 Å². The van der Waals surface area contributed by atoms with Crippen LogP contribution in [0, 0.1) is 0 Å². The summed E-state index contributed by atoms with van der Waals surface area (Å²) in [5.74, 6) is 1.38. The van der Waals surface area contributed by atoms with Crippen LogP contribution in [-0.4, -0.2) is 18.0 Å². The molecule has 0 saturated heterocycles. The van der Waals surface area contributed by atoms with Crippen LogP contribution in [0.5, 0.6) is 11.5 Å². The summed E-state index contributed by atoms with van der Waals surface area (Å²) in [6, 6.07) is 14.3. The number of amides is 1. The maximum Gasteiger partial charge on any atom is 0.273 e. The van der Waals surface area contributed by atoms with E-state index in [0.717, 1.165) is 11.3 Å². The Balaban J connectivity index is 1.55. The summed E-state index contributed by atoms with van der Waals surface area (Å²) in [7, 11) is 1.60. The number of benzene rings is 2. The lowest BCUT2D eigenvalue weighted by molar-refractivity contribution is 0.0934. The van der Waals surface area contributed by atoms with Gasteiger partial charge < -0.3 is 19.2 Å². The number of halogens is 1. The summed E-state index contributed by atoms with van der Waals surface area (Å²) in [6.07, 6.45) is 1.32. The number of aromatic nitrogens is 1. The highest BCUT2D eigenvalue weighted by Gasteiger charge is 2.16. The van der Waals surface area contributed by atoms with Crippen LogP contribution < -0.4 is 14.8 Å². The lowest BCUT2D eigenvalue weighted by Crippen LogP contribution is -2.26. The van der Waals surface area contributed by atoms with Gasteiger partial charge in [0.1, 0.15) is 17.8 Å². The van der Waals surface area contributed by atoms with Crippen molar-refractivity contribution in [3.05, 3.63) is 77.0 Å². The molecule has 1 aromatic heterocycles. The first-order valence-corrected chi connectivity index (χ1v) is 8.70. The Labute approximate surface area is 162 Å². The zero-order chi connectivity index (χ0) is 19.2. The molecular formula is C20H19ClN2O4. The first-order valence-electron chi connectivity index (χ1n) is 8.32. The third-order valence-electron chi connectivity index (χ3n) is 3.92. The van der Waals surface area contributed by atoms with Crippen LogP contribution in [0.15, 0.2) is 59.2 Å². The van der Waals surface area contributed by atoms with E-state index >= 15 is 0 Å². The highest BCUT2D eigenvalue weighted by Crippen LogP contribution is 2.19. The zero-order valence-corrected chi connectivity index (χ0v) is 15.7. The van der Waals surface area contributed by atoms with Gasteiger partial charge in [-0.05, 0) is 48.9 Å². The molecule has 0 aliphatic carbocycles. The molecule has 1 heterocycles. The van der Waals surface area contributed by atoms with Crippen molar-refractivity contribution >= 4 is 17.5 Å². The molecule has 2 aromatic carbocycles. The summed E-state index contributed by atoms with van der Waals surface area (Å²) in [4.78, 5) is 16.5. The molecule has 3 rings (SSSR count). The molecule has 0 aliphatic heterocycles. The Morgan fingerprint density at radius 2 is 1.81 bits per heavy atom. The summed E-state index contributed by atoms with van der Waals surface area (Å²) in [5.41, 5.74) is 1.14. The smallest absolute Gasteiger partial charge is 0.273 e. The molecule has 1 atom stereocenters. The van der Waals surface area contributed by atoms with E-state index in [2.05, 4.69) is 10.3 Å². The fourth-order valence-electron chi connectivity index (χ4n) is 2.40. The topological polar surface area (TPSA) is 73.6 Å². The summed E-state index contributed by atoms with van der Waals surface area (Å²) in [5, 5.41) is 3.52. The maximum absolute atomic E-state index is 12.3. The molecule has 0 unspecified atom stereocenters. The van der Waals surface area contributed by atoms with Gasteiger partial charge in [-0.15, -0.1) is 0 Å². The molecule has 6 nitrogen and oxygen atoms in total. The van der Waals surface area contributed by atoms with Gasteiger partial charge in [0.05, 0.1) is 13.2 Å². The molecule has 0 saturated carbocycles. The summed E-state index contributed by atoms with van der Waals surface area (Å²) < 4.78 is 16.0. The number of hydrogen-bond acceptors (Lipinski definition) is 5. The second kappa shape index (κ2) is 8.60. The summed E-state index contributed by atoms with van der Waals surface area (Å²) >= 11 is 5.88. The van der Waals surface area contributed by atoms with Gasteiger partial charge in [0.25, 0.3) is 5.91 Å². The predicted molar refractivity (Wildman–Crippen MR) is 101 cm³/mol.